The number of carbonyl (C=O) groups excluding carboxylic acids is 1. The van der Waals surface area contributed by atoms with E-state index in [-0.39, 0.29) is 22.6 Å². The minimum Gasteiger partial charge on any atom is -0.494 e. The monoisotopic (exact) mass is 518 g/mol. The Morgan fingerprint density at radius 3 is 2.61 bits per heavy atom. The standard InChI is InChI=1S/C25H38N6O4S/c1-4-10-30-15-20-23(28-25(32)24(20)29(3)16-30)19-14-18(6-7-21(19)35-5-2)36(33,34)31-11-8-17(9-12-31)13-22(26)27/h6-7,14,17,23H,4-5,8-13,15-16H2,1-3H3,(H3,26,27)(H,28,32). The molecule has 4 N–H and O–H groups in total. The maximum atomic E-state index is 13.6. The van der Waals surface area contributed by atoms with Crippen LogP contribution in [0.25, 0.3) is 0 Å². The first-order valence-electron chi connectivity index (χ1n) is 12.7. The summed E-state index contributed by atoms with van der Waals surface area (Å²) in [7, 11) is -1.81. The molecule has 1 amide bonds. The number of likely N-dealkylation sites (N-methyl/N-ethyl adjacent to an activating group) is 1. The van der Waals surface area contributed by atoms with Gasteiger partial charge in [-0.25, -0.2) is 8.42 Å². The van der Waals surface area contributed by atoms with Crippen molar-refractivity contribution in [2.75, 3.05) is 46.5 Å². The van der Waals surface area contributed by atoms with E-state index in [9.17, 15) is 13.2 Å². The number of ether oxygens (including phenoxy) is 1. The van der Waals surface area contributed by atoms with E-state index in [4.69, 9.17) is 15.9 Å². The van der Waals surface area contributed by atoms with Gasteiger partial charge in [-0.15, -0.1) is 0 Å². The summed E-state index contributed by atoms with van der Waals surface area (Å²) in [4.78, 5) is 17.4. The van der Waals surface area contributed by atoms with E-state index >= 15 is 0 Å². The molecule has 0 spiro atoms. The number of piperidine rings is 1. The average Bonchev–Trinajstić information content (AvgIpc) is 3.16. The van der Waals surface area contributed by atoms with Crippen molar-refractivity contribution in [2.24, 2.45) is 11.7 Å². The fourth-order valence-corrected chi connectivity index (χ4v) is 7.07. The quantitative estimate of drug-likeness (QED) is 0.336. The second kappa shape index (κ2) is 10.8. The van der Waals surface area contributed by atoms with E-state index in [0.29, 0.717) is 69.2 Å². The molecule has 36 heavy (non-hydrogen) atoms. The Morgan fingerprint density at radius 2 is 1.97 bits per heavy atom. The van der Waals surface area contributed by atoms with Gasteiger partial charge in [0.1, 0.15) is 11.4 Å². The van der Waals surface area contributed by atoms with Gasteiger partial charge >= 0.3 is 0 Å². The molecule has 3 heterocycles. The second-order valence-electron chi connectivity index (χ2n) is 9.88. The summed E-state index contributed by atoms with van der Waals surface area (Å²) >= 11 is 0. The molecular weight excluding hydrogens is 480 g/mol. The van der Waals surface area contributed by atoms with Crippen molar-refractivity contribution in [1.29, 1.82) is 5.41 Å². The number of nitrogens with zero attached hydrogens (tertiary/aromatic N) is 3. The van der Waals surface area contributed by atoms with Gasteiger partial charge in [0.05, 0.1) is 30.0 Å². The number of amidine groups is 1. The van der Waals surface area contributed by atoms with Gasteiger partial charge in [0.2, 0.25) is 10.0 Å². The summed E-state index contributed by atoms with van der Waals surface area (Å²) in [6.45, 7) is 7.47. The van der Waals surface area contributed by atoms with Gasteiger partial charge in [0.25, 0.3) is 5.91 Å². The van der Waals surface area contributed by atoms with Crippen LogP contribution in [0.1, 0.15) is 51.1 Å². The smallest absolute Gasteiger partial charge is 0.268 e. The average molecular weight is 519 g/mol. The Bertz CT molecular complexity index is 1140. The van der Waals surface area contributed by atoms with E-state index in [2.05, 4.69) is 17.1 Å². The van der Waals surface area contributed by atoms with E-state index in [1.165, 1.54) is 4.31 Å². The van der Waals surface area contributed by atoms with Crippen molar-refractivity contribution in [2.45, 2.75) is 50.5 Å². The Kier molecular flexibility index (Phi) is 7.91. The molecule has 0 aliphatic carbocycles. The lowest BCUT2D eigenvalue weighted by molar-refractivity contribution is -0.118. The predicted molar refractivity (Wildman–Crippen MR) is 138 cm³/mol. The van der Waals surface area contributed by atoms with Crippen LogP contribution >= 0.6 is 0 Å². The Balaban J connectivity index is 1.65. The van der Waals surface area contributed by atoms with Crippen LogP contribution in [0.5, 0.6) is 5.75 Å². The molecule has 1 aromatic rings. The van der Waals surface area contributed by atoms with Crippen LogP contribution in [0.3, 0.4) is 0 Å². The maximum Gasteiger partial charge on any atom is 0.268 e. The molecule has 3 aliphatic heterocycles. The number of carbonyl (C=O) groups is 1. The number of amides is 1. The third-order valence-electron chi connectivity index (χ3n) is 7.18. The summed E-state index contributed by atoms with van der Waals surface area (Å²) in [5.41, 5.74) is 7.81. The first-order valence-corrected chi connectivity index (χ1v) is 14.2. The number of hydrogen-bond acceptors (Lipinski definition) is 7. The molecule has 11 heteroatoms. The third kappa shape index (κ3) is 5.23. The van der Waals surface area contributed by atoms with Gasteiger partial charge in [-0.1, -0.05) is 6.92 Å². The van der Waals surface area contributed by atoms with E-state index in [1.54, 1.807) is 18.2 Å². The SMILES string of the molecule is CCCN1CC2=C(C(=O)NC2c2cc(S(=O)(=O)N3CCC(CC(=N)N)CC3)ccc2OCC)N(C)C1. The lowest BCUT2D eigenvalue weighted by atomic mass is 9.94. The minimum absolute atomic E-state index is 0.142. The Morgan fingerprint density at radius 1 is 1.25 bits per heavy atom. The van der Waals surface area contributed by atoms with Crippen molar-refractivity contribution in [3.8, 4) is 5.75 Å². The zero-order valence-electron chi connectivity index (χ0n) is 21.4. The molecular formula is C25H38N6O4S. The first kappa shape index (κ1) is 26.4. The van der Waals surface area contributed by atoms with Gasteiger partial charge in [0.15, 0.2) is 0 Å². The summed E-state index contributed by atoms with van der Waals surface area (Å²) < 4.78 is 34.6. The van der Waals surface area contributed by atoms with E-state index < -0.39 is 16.1 Å². The lowest BCUT2D eigenvalue weighted by Gasteiger charge is -2.35. The molecule has 4 rings (SSSR count). The number of benzene rings is 1. The van der Waals surface area contributed by atoms with Crippen molar-refractivity contribution >= 4 is 21.8 Å². The number of hydrogen-bond donors (Lipinski definition) is 3. The lowest BCUT2D eigenvalue weighted by Crippen LogP contribution is -2.43. The molecule has 0 aromatic heterocycles. The zero-order valence-corrected chi connectivity index (χ0v) is 22.2. The number of nitrogens with two attached hydrogens (primary N) is 1. The van der Waals surface area contributed by atoms with Crippen molar-refractivity contribution < 1.29 is 17.9 Å². The molecule has 0 radical (unpaired) electrons. The fourth-order valence-electron chi connectivity index (χ4n) is 5.56. The number of rotatable bonds is 9. The van der Waals surface area contributed by atoms with Gasteiger partial charge in [-0.05, 0) is 62.4 Å². The molecule has 0 bridgehead atoms. The van der Waals surface area contributed by atoms with Crippen LogP contribution in [-0.2, 0) is 14.8 Å². The fraction of sp³-hybridized carbons (Fsp3) is 0.600. The van der Waals surface area contributed by atoms with Crippen molar-refractivity contribution in [3.63, 3.8) is 0 Å². The minimum atomic E-state index is -3.73. The zero-order chi connectivity index (χ0) is 26.0. The molecule has 0 saturated carbocycles. The normalized spacial score (nSPS) is 22.0. The predicted octanol–water partition coefficient (Wildman–Crippen LogP) is 1.85. The molecule has 1 unspecified atom stereocenters. The van der Waals surface area contributed by atoms with Crippen LogP contribution in [0, 0.1) is 11.3 Å². The van der Waals surface area contributed by atoms with Gasteiger partial charge in [-0.2, -0.15) is 4.31 Å². The van der Waals surface area contributed by atoms with Gasteiger partial charge in [-0.3, -0.25) is 15.1 Å². The van der Waals surface area contributed by atoms with Crippen molar-refractivity contribution in [1.82, 2.24) is 19.4 Å². The van der Waals surface area contributed by atoms with Gasteiger partial charge < -0.3 is 20.7 Å². The molecule has 10 nitrogen and oxygen atoms in total. The van der Waals surface area contributed by atoms with Crippen molar-refractivity contribution in [3.05, 3.63) is 35.0 Å². The maximum absolute atomic E-state index is 13.6. The number of sulfonamides is 1. The van der Waals surface area contributed by atoms with Gasteiger partial charge in [0, 0.05) is 38.7 Å². The summed E-state index contributed by atoms with van der Waals surface area (Å²) in [6, 6.07) is 4.51. The Hall–Kier alpha value is -2.63. The molecule has 198 valence electrons. The topological polar surface area (TPSA) is 132 Å². The van der Waals surface area contributed by atoms with Crippen LogP contribution in [0.2, 0.25) is 0 Å². The third-order valence-corrected chi connectivity index (χ3v) is 9.08. The van der Waals surface area contributed by atoms with Crippen LogP contribution in [0.15, 0.2) is 34.4 Å². The molecule has 1 atom stereocenters. The van der Waals surface area contributed by atoms with Crippen LogP contribution in [0.4, 0.5) is 0 Å². The highest BCUT2D eigenvalue weighted by atomic mass is 32.2. The highest BCUT2D eigenvalue weighted by Crippen LogP contribution is 2.40. The molecule has 1 saturated heterocycles. The summed E-state index contributed by atoms with van der Waals surface area (Å²) in [5, 5.41) is 10.6. The Labute approximate surface area is 214 Å². The molecule has 1 fully saturated rings. The highest BCUT2D eigenvalue weighted by molar-refractivity contribution is 7.89. The summed E-state index contributed by atoms with van der Waals surface area (Å²) in [5.74, 6) is 0.812. The second-order valence-corrected chi connectivity index (χ2v) is 11.8. The molecule has 3 aliphatic rings. The van der Waals surface area contributed by atoms with Crippen LogP contribution in [-0.4, -0.2) is 80.8 Å². The highest BCUT2D eigenvalue weighted by Gasteiger charge is 2.40. The summed E-state index contributed by atoms with van der Waals surface area (Å²) in [6.07, 6.45) is 2.86. The number of nitrogens with one attached hydrogen (secondary N) is 2. The van der Waals surface area contributed by atoms with E-state index in [1.807, 2.05) is 18.9 Å². The molecule has 1 aromatic carbocycles. The van der Waals surface area contributed by atoms with Crippen LogP contribution < -0.4 is 15.8 Å². The first-order chi connectivity index (χ1) is 17.1. The van der Waals surface area contributed by atoms with E-state index in [0.717, 1.165) is 18.5 Å². The largest absolute Gasteiger partial charge is 0.494 e.